The number of imide groups is 1. The minimum Gasteiger partial charge on any atom is -0.368 e. The van der Waals surface area contributed by atoms with Gasteiger partial charge in [-0.15, -0.1) is 0 Å². The molecule has 0 spiro atoms. The number of benzene rings is 2. The molecule has 7 nitrogen and oxygen atoms in total. The van der Waals surface area contributed by atoms with Crippen LogP contribution in [-0.2, 0) is 15.1 Å². The van der Waals surface area contributed by atoms with E-state index in [1.807, 2.05) is 0 Å². The number of nitrogens with zero attached hydrogens (tertiary/aromatic N) is 3. The molecule has 2 aliphatic rings. The molecule has 2 heterocycles. The number of amides is 4. The number of piperazine rings is 1. The van der Waals surface area contributed by atoms with Crippen molar-refractivity contribution in [2.24, 2.45) is 0 Å². The normalized spacial score (nSPS) is 21.5. The average molecular weight is 445 g/mol. The number of rotatable bonds is 4. The average Bonchev–Trinajstić information content (AvgIpc) is 2.98. The maximum absolute atomic E-state index is 13.1. The molecule has 2 aliphatic heterocycles. The van der Waals surface area contributed by atoms with Crippen LogP contribution in [0.4, 0.5) is 14.9 Å². The summed E-state index contributed by atoms with van der Waals surface area (Å²) in [5, 5.41) is 3.22. The molecule has 2 fully saturated rings. The highest BCUT2D eigenvalue weighted by Crippen LogP contribution is 2.29. The van der Waals surface area contributed by atoms with Crippen LogP contribution in [0.1, 0.15) is 12.5 Å². The van der Waals surface area contributed by atoms with Crippen LogP contribution in [-0.4, -0.2) is 60.4 Å². The second kappa shape index (κ2) is 8.19. The molecule has 2 saturated heterocycles. The molecular weight excluding hydrogens is 423 g/mol. The van der Waals surface area contributed by atoms with Gasteiger partial charge in [0.05, 0.1) is 0 Å². The Hall–Kier alpha value is -3.13. The fraction of sp³-hybridized carbons (Fsp3) is 0.318. The summed E-state index contributed by atoms with van der Waals surface area (Å²) in [4.78, 5) is 42.9. The van der Waals surface area contributed by atoms with E-state index in [1.54, 1.807) is 48.2 Å². The molecule has 1 unspecified atom stereocenters. The number of anilines is 1. The molecule has 0 aliphatic carbocycles. The Bertz CT molecular complexity index is 1010. The van der Waals surface area contributed by atoms with Crippen LogP contribution in [0.3, 0.4) is 0 Å². The molecule has 1 N–H and O–H groups in total. The first-order chi connectivity index (χ1) is 14.8. The predicted octanol–water partition coefficient (Wildman–Crippen LogP) is 2.59. The molecule has 0 aromatic heterocycles. The van der Waals surface area contributed by atoms with Crippen LogP contribution >= 0.6 is 11.6 Å². The van der Waals surface area contributed by atoms with E-state index < -0.39 is 17.5 Å². The zero-order chi connectivity index (χ0) is 22.2. The van der Waals surface area contributed by atoms with E-state index in [4.69, 9.17) is 11.6 Å². The van der Waals surface area contributed by atoms with E-state index >= 15 is 0 Å². The van der Waals surface area contributed by atoms with Crippen molar-refractivity contribution in [3.8, 4) is 0 Å². The van der Waals surface area contributed by atoms with Crippen LogP contribution in [0.2, 0.25) is 5.02 Å². The Labute approximate surface area is 184 Å². The Kier molecular flexibility index (Phi) is 5.58. The molecule has 9 heteroatoms. The maximum atomic E-state index is 13.1. The van der Waals surface area contributed by atoms with Crippen molar-refractivity contribution in [1.29, 1.82) is 0 Å². The van der Waals surface area contributed by atoms with E-state index in [1.165, 1.54) is 12.1 Å². The number of hydrogen-bond acceptors (Lipinski definition) is 4. The third kappa shape index (κ3) is 4.07. The fourth-order valence-corrected chi connectivity index (χ4v) is 4.05. The van der Waals surface area contributed by atoms with E-state index in [9.17, 15) is 18.8 Å². The molecule has 2 aromatic rings. The first-order valence-electron chi connectivity index (χ1n) is 9.96. The van der Waals surface area contributed by atoms with Crippen LogP contribution < -0.4 is 10.2 Å². The Morgan fingerprint density at radius 3 is 2.26 bits per heavy atom. The number of urea groups is 1. The lowest BCUT2D eigenvalue weighted by atomic mass is 9.92. The molecule has 0 bridgehead atoms. The van der Waals surface area contributed by atoms with Gasteiger partial charge in [0.2, 0.25) is 5.91 Å². The van der Waals surface area contributed by atoms with Crippen molar-refractivity contribution < 1.29 is 18.8 Å². The summed E-state index contributed by atoms with van der Waals surface area (Å²) >= 11 is 5.92. The van der Waals surface area contributed by atoms with E-state index in [-0.39, 0.29) is 18.3 Å². The van der Waals surface area contributed by atoms with E-state index in [2.05, 4.69) is 10.2 Å². The topological polar surface area (TPSA) is 73.0 Å². The highest BCUT2D eigenvalue weighted by atomic mass is 35.5. The summed E-state index contributed by atoms with van der Waals surface area (Å²) < 4.78 is 13.1. The van der Waals surface area contributed by atoms with Gasteiger partial charge in [0.1, 0.15) is 17.9 Å². The standard InChI is InChI=1S/C22H22ClFN4O3/c1-22(15-2-4-16(23)5-3-15)20(30)28(21(31)25-22)14-19(29)27-12-10-26(11-13-27)18-8-6-17(24)7-9-18/h2-9H,10-14H2,1H3,(H,25,31). The lowest BCUT2D eigenvalue weighted by Crippen LogP contribution is -2.52. The van der Waals surface area contributed by atoms with Crippen LogP contribution in [0.25, 0.3) is 0 Å². The lowest BCUT2D eigenvalue weighted by molar-refractivity contribution is -0.139. The second-order valence-corrected chi connectivity index (χ2v) is 8.23. The summed E-state index contributed by atoms with van der Waals surface area (Å²) in [5.74, 6) is -1.06. The van der Waals surface area contributed by atoms with E-state index in [0.29, 0.717) is 36.8 Å². The minimum atomic E-state index is -1.25. The van der Waals surface area contributed by atoms with Crippen molar-refractivity contribution in [3.05, 3.63) is 64.9 Å². The molecule has 31 heavy (non-hydrogen) atoms. The third-order valence-corrected chi connectivity index (χ3v) is 6.07. The molecule has 0 saturated carbocycles. The van der Waals surface area contributed by atoms with Crippen molar-refractivity contribution >= 4 is 35.1 Å². The van der Waals surface area contributed by atoms with Crippen molar-refractivity contribution in [3.63, 3.8) is 0 Å². The van der Waals surface area contributed by atoms with Gasteiger partial charge in [-0.3, -0.25) is 14.5 Å². The zero-order valence-electron chi connectivity index (χ0n) is 17.0. The number of carbonyl (C=O) groups excluding carboxylic acids is 3. The smallest absolute Gasteiger partial charge is 0.325 e. The minimum absolute atomic E-state index is 0.289. The van der Waals surface area contributed by atoms with Gasteiger partial charge in [-0.05, 0) is 48.9 Å². The second-order valence-electron chi connectivity index (χ2n) is 7.80. The number of carbonyl (C=O) groups is 3. The highest BCUT2D eigenvalue weighted by Gasteiger charge is 2.49. The van der Waals surface area contributed by atoms with Gasteiger partial charge in [-0.25, -0.2) is 9.18 Å². The van der Waals surface area contributed by atoms with Crippen molar-refractivity contribution in [2.75, 3.05) is 37.6 Å². The maximum Gasteiger partial charge on any atom is 0.325 e. The molecule has 4 amide bonds. The summed E-state index contributed by atoms with van der Waals surface area (Å²) in [6, 6.07) is 12.3. The molecule has 0 radical (unpaired) electrons. The summed E-state index contributed by atoms with van der Waals surface area (Å²) in [5.41, 5.74) is 0.239. The van der Waals surface area contributed by atoms with Gasteiger partial charge < -0.3 is 15.1 Å². The van der Waals surface area contributed by atoms with Crippen molar-refractivity contribution in [1.82, 2.24) is 15.1 Å². The Balaban J connectivity index is 1.38. The largest absolute Gasteiger partial charge is 0.368 e. The summed E-state index contributed by atoms with van der Waals surface area (Å²) in [7, 11) is 0. The van der Waals surface area contributed by atoms with Gasteiger partial charge in [-0.2, -0.15) is 0 Å². The van der Waals surface area contributed by atoms with Gasteiger partial charge in [-0.1, -0.05) is 23.7 Å². The van der Waals surface area contributed by atoms with Gasteiger partial charge in [0.25, 0.3) is 5.91 Å². The zero-order valence-corrected chi connectivity index (χ0v) is 17.7. The fourth-order valence-electron chi connectivity index (χ4n) is 3.92. The molecule has 2 aromatic carbocycles. The number of hydrogen-bond donors (Lipinski definition) is 1. The SMILES string of the molecule is CC1(c2ccc(Cl)cc2)NC(=O)N(CC(=O)N2CCN(c3ccc(F)cc3)CC2)C1=O. The lowest BCUT2D eigenvalue weighted by Gasteiger charge is -2.36. The van der Waals surface area contributed by atoms with Crippen molar-refractivity contribution in [2.45, 2.75) is 12.5 Å². The molecule has 162 valence electrons. The van der Waals surface area contributed by atoms with Gasteiger partial charge >= 0.3 is 6.03 Å². The molecule has 1 atom stereocenters. The quantitative estimate of drug-likeness (QED) is 0.736. The summed E-state index contributed by atoms with van der Waals surface area (Å²) in [6.07, 6.45) is 0. The van der Waals surface area contributed by atoms with Crippen LogP contribution in [0.5, 0.6) is 0 Å². The predicted molar refractivity (Wildman–Crippen MR) is 114 cm³/mol. The number of nitrogens with one attached hydrogen (secondary N) is 1. The number of halogens is 2. The molecular formula is C22H22ClFN4O3. The third-order valence-electron chi connectivity index (χ3n) is 5.81. The summed E-state index contributed by atoms with van der Waals surface area (Å²) in [6.45, 7) is 3.37. The van der Waals surface area contributed by atoms with Gasteiger partial charge in [0.15, 0.2) is 0 Å². The Morgan fingerprint density at radius 2 is 1.65 bits per heavy atom. The molecule has 4 rings (SSSR count). The van der Waals surface area contributed by atoms with Crippen LogP contribution in [0, 0.1) is 5.82 Å². The van der Waals surface area contributed by atoms with Crippen LogP contribution in [0.15, 0.2) is 48.5 Å². The monoisotopic (exact) mass is 444 g/mol. The van der Waals surface area contributed by atoms with E-state index in [0.717, 1.165) is 10.6 Å². The first kappa shape index (κ1) is 21.1. The Morgan fingerprint density at radius 1 is 1.03 bits per heavy atom. The first-order valence-corrected chi connectivity index (χ1v) is 10.3. The van der Waals surface area contributed by atoms with Gasteiger partial charge in [0, 0.05) is 36.9 Å². The highest BCUT2D eigenvalue weighted by molar-refractivity contribution is 6.30.